The van der Waals surface area contributed by atoms with E-state index in [1.165, 1.54) is 6.07 Å². The Morgan fingerprint density at radius 1 is 0.947 bits per heavy atom. The summed E-state index contributed by atoms with van der Waals surface area (Å²) in [5, 5.41) is 0. The summed E-state index contributed by atoms with van der Waals surface area (Å²) in [4.78, 5) is 0. The average Bonchev–Trinajstić information content (AvgIpc) is 2.44. The second-order valence-corrected chi connectivity index (χ2v) is 4.40. The average molecular weight is 283 g/mol. The Morgan fingerprint density at radius 3 is 2.32 bits per heavy atom. The SMILES string of the molecule is Fc1ccc(C(OCCCl)c2ccccc2)cc1F. The highest BCUT2D eigenvalue weighted by Crippen LogP contribution is 2.27. The number of alkyl halides is 1. The van der Waals surface area contributed by atoms with Crippen LogP contribution < -0.4 is 0 Å². The molecule has 0 aliphatic carbocycles. The van der Waals surface area contributed by atoms with Crippen LogP contribution in [-0.4, -0.2) is 12.5 Å². The Bertz CT molecular complexity index is 531. The van der Waals surface area contributed by atoms with Crippen LogP contribution in [0.4, 0.5) is 8.78 Å². The first-order valence-electron chi connectivity index (χ1n) is 5.90. The lowest BCUT2D eigenvalue weighted by atomic mass is 10.0. The van der Waals surface area contributed by atoms with Crippen LogP contribution in [0.3, 0.4) is 0 Å². The normalized spacial score (nSPS) is 12.4. The molecule has 0 amide bonds. The molecule has 0 aliphatic rings. The molecule has 2 rings (SSSR count). The van der Waals surface area contributed by atoms with E-state index in [1.54, 1.807) is 0 Å². The number of ether oxygens (including phenoxy) is 1. The molecule has 100 valence electrons. The Labute approximate surface area is 115 Å². The predicted molar refractivity (Wildman–Crippen MR) is 71.3 cm³/mol. The summed E-state index contributed by atoms with van der Waals surface area (Å²) in [6, 6.07) is 13.1. The van der Waals surface area contributed by atoms with E-state index in [-0.39, 0.29) is 0 Å². The van der Waals surface area contributed by atoms with E-state index in [0.717, 1.165) is 17.7 Å². The van der Waals surface area contributed by atoms with Crippen molar-refractivity contribution in [2.75, 3.05) is 12.5 Å². The molecule has 0 aromatic heterocycles. The van der Waals surface area contributed by atoms with Gasteiger partial charge in [0.25, 0.3) is 0 Å². The van der Waals surface area contributed by atoms with Crippen molar-refractivity contribution in [1.82, 2.24) is 0 Å². The number of hydrogen-bond acceptors (Lipinski definition) is 1. The Balaban J connectivity index is 2.34. The molecule has 0 N–H and O–H groups in total. The van der Waals surface area contributed by atoms with Crippen molar-refractivity contribution < 1.29 is 13.5 Å². The van der Waals surface area contributed by atoms with Gasteiger partial charge in [-0.1, -0.05) is 36.4 Å². The fraction of sp³-hybridized carbons (Fsp3) is 0.200. The van der Waals surface area contributed by atoms with Crippen LogP contribution >= 0.6 is 11.6 Å². The molecule has 0 heterocycles. The zero-order valence-corrected chi connectivity index (χ0v) is 10.9. The second-order valence-electron chi connectivity index (χ2n) is 4.02. The molecule has 0 fully saturated rings. The highest BCUT2D eigenvalue weighted by molar-refractivity contribution is 6.17. The molecular weight excluding hydrogens is 270 g/mol. The van der Waals surface area contributed by atoms with Gasteiger partial charge in [0, 0.05) is 5.88 Å². The zero-order chi connectivity index (χ0) is 13.7. The molecule has 0 saturated heterocycles. The van der Waals surface area contributed by atoms with Crippen LogP contribution in [0.25, 0.3) is 0 Å². The van der Waals surface area contributed by atoms with Crippen molar-refractivity contribution in [3.8, 4) is 0 Å². The van der Waals surface area contributed by atoms with Gasteiger partial charge in [-0.05, 0) is 23.3 Å². The smallest absolute Gasteiger partial charge is 0.159 e. The van der Waals surface area contributed by atoms with E-state index in [4.69, 9.17) is 16.3 Å². The van der Waals surface area contributed by atoms with Crippen LogP contribution in [0, 0.1) is 11.6 Å². The van der Waals surface area contributed by atoms with Crippen LogP contribution in [0.1, 0.15) is 17.2 Å². The summed E-state index contributed by atoms with van der Waals surface area (Å²) < 4.78 is 31.9. The lowest BCUT2D eigenvalue weighted by Gasteiger charge is -2.18. The van der Waals surface area contributed by atoms with E-state index in [2.05, 4.69) is 0 Å². The molecule has 1 atom stereocenters. The fourth-order valence-corrected chi connectivity index (χ4v) is 1.94. The molecule has 4 heteroatoms. The van der Waals surface area contributed by atoms with Crippen LogP contribution in [-0.2, 0) is 4.74 Å². The van der Waals surface area contributed by atoms with E-state index < -0.39 is 17.7 Å². The molecule has 0 saturated carbocycles. The Morgan fingerprint density at radius 2 is 1.68 bits per heavy atom. The summed E-state index contributed by atoms with van der Waals surface area (Å²) in [5.41, 5.74) is 1.44. The molecule has 1 unspecified atom stereocenters. The first-order valence-corrected chi connectivity index (χ1v) is 6.43. The molecule has 0 aliphatic heterocycles. The number of hydrogen-bond donors (Lipinski definition) is 0. The summed E-state index contributed by atoms with van der Waals surface area (Å²) in [6.07, 6.45) is -0.449. The van der Waals surface area contributed by atoms with Crippen molar-refractivity contribution in [3.05, 3.63) is 71.3 Å². The number of rotatable bonds is 5. The van der Waals surface area contributed by atoms with Crippen LogP contribution in [0.2, 0.25) is 0 Å². The minimum atomic E-state index is -0.882. The number of halogens is 3. The minimum absolute atomic E-state index is 0.333. The van der Waals surface area contributed by atoms with Gasteiger partial charge < -0.3 is 4.74 Å². The van der Waals surface area contributed by atoms with Gasteiger partial charge in [-0.2, -0.15) is 0 Å². The highest BCUT2D eigenvalue weighted by atomic mass is 35.5. The topological polar surface area (TPSA) is 9.23 Å². The fourth-order valence-electron chi connectivity index (χ4n) is 1.85. The maximum Gasteiger partial charge on any atom is 0.159 e. The third-order valence-electron chi connectivity index (χ3n) is 2.71. The summed E-state index contributed by atoms with van der Waals surface area (Å²) in [7, 11) is 0. The van der Waals surface area contributed by atoms with Gasteiger partial charge in [-0.3, -0.25) is 0 Å². The van der Waals surface area contributed by atoms with E-state index >= 15 is 0 Å². The first-order chi connectivity index (χ1) is 9.22. The third-order valence-corrected chi connectivity index (χ3v) is 2.86. The lowest BCUT2D eigenvalue weighted by molar-refractivity contribution is 0.0926. The largest absolute Gasteiger partial charge is 0.368 e. The van der Waals surface area contributed by atoms with Gasteiger partial charge in [-0.25, -0.2) is 8.78 Å². The third kappa shape index (κ3) is 3.52. The standard InChI is InChI=1S/C15H13ClF2O/c16-8-9-19-15(11-4-2-1-3-5-11)12-6-7-13(17)14(18)10-12/h1-7,10,15H,8-9H2. The van der Waals surface area contributed by atoms with Gasteiger partial charge >= 0.3 is 0 Å². The molecule has 0 radical (unpaired) electrons. The number of benzene rings is 2. The Hall–Kier alpha value is -1.45. The van der Waals surface area contributed by atoms with Gasteiger partial charge in [0.05, 0.1) is 6.61 Å². The molecule has 0 bridgehead atoms. The minimum Gasteiger partial charge on any atom is -0.368 e. The molecule has 2 aromatic carbocycles. The van der Waals surface area contributed by atoms with Crippen molar-refractivity contribution in [2.45, 2.75) is 6.10 Å². The van der Waals surface area contributed by atoms with Gasteiger partial charge in [0.15, 0.2) is 11.6 Å². The predicted octanol–water partition coefficient (Wildman–Crippen LogP) is 4.31. The highest BCUT2D eigenvalue weighted by Gasteiger charge is 2.16. The maximum absolute atomic E-state index is 13.3. The molecule has 2 aromatic rings. The molecule has 19 heavy (non-hydrogen) atoms. The quantitative estimate of drug-likeness (QED) is 0.743. The molecule has 1 nitrogen and oxygen atoms in total. The monoisotopic (exact) mass is 282 g/mol. The van der Waals surface area contributed by atoms with Crippen molar-refractivity contribution >= 4 is 11.6 Å². The zero-order valence-electron chi connectivity index (χ0n) is 10.2. The van der Waals surface area contributed by atoms with Crippen LogP contribution in [0.5, 0.6) is 0 Å². The first kappa shape index (κ1) is 14.0. The van der Waals surface area contributed by atoms with Crippen molar-refractivity contribution in [3.63, 3.8) is 0 Å². The van der Waals surface area contributed by atoms with Gasteiger partial charge in [-0.15, -0.1) is 11.6 Å². The lowest BCUT2D eigenvalue weighted by Crippen LogP contribution is -2.09. The van der Waals surface area contributed by atoms with Crippen molar-refractivity contribution in [2.24, 2.45) is 0 Å². The summed E-state index contributed by atoms with van der Waals surface area (Å²) >= 11 is 5.62. The Kier molecular flexibility index (Phi) is 4.88. The van der Waals surface area contributed by atoms with Crippen molar-refractivity contribution in [1.29, 1.82) is 0 Å². The summed E-state index contributed by atoms with van der Waals surface area (Å²) in [5.74, 6) is -1.41. The van der Waals surface area contributed by atoms with E-state index in [1.807, 2.05) is 30.3 Å². The second kappa shape index (κ2) is 6.64. The van der Waals surface area contributed by atoms with Gasteiger partial charge in [0.1, 0.15) is 6.10 Å². The van der Waals surface area contributed by atoms with Gasteiger partial charge in [0.2, 0.25) is 0 Å². The van der Waals surface area contributed by atoms with Crippen LogP contribution in [0.15, 0.2) is 48.5 Å². The van der Waals surface area contributed by atoms with E-state index in [0.29, 0.717) is 18.1 Å². The summed E-state index contributed by atoms with van der Waals surface area (Å²) in [6.45, 7) is 0.333. The maximum atomic E-state index is 13.3. The molecular formula is C15H13ClF2O. The molecule has 0 spiro atoms. The van der Waals surface area contributed by atoms with E-state index in [9.17, 15) is 8.78 Å².